The summed E-state index contributed by atoms with van der Waals surface area (Å²) < 4.78 is 31.6. The lowest BCUT2D eigenvalue weighted by atomic mass is 9.94. The van der Waals surface area contributed by atoms with E-state index in [2.05, 4.69) is 0 Å². The molecule has 1 rings (SSSR count). The summed E-state index contributed by atoms with van der Waals surface area (Å²) >= 11 is 0. The summed E-state index contributed by atoms with van der Waals surface area (Å²) in [5.41, 5.74) is -0.846. The van der Waals surface area contributed by atoms with Crippen molar-refractivity contribution in [3.63, 3.8) is 0 Å². The van der Waals surface area contributed by atoms with E-state index in [9.17, 15) is 13.9 Å². The Morgan fingerprint density at radius 2 is 1.94 bits per heavy atom. The third-order valence-electron chi connectivity index (χ3n) is 2.39. The molecular weight excluding hydrogens is 214 g/mol. The molecule has 0 amide bonds. The summed E-state index contributed by atoms with van der Waals surface area (Å²) in [6, 6.07) is 2.51. The zero-order valence-corrected chi connectivity index (χ0v) is 9.84. The van der Waals surface area contributed by atoms with Gasteiger partial charge in [-0.15, -0.1) is 0 Å². The first-order chi connectivity index (χ1) is 7.27. The number of rotatable bonds is 3. The number of hydrogen-bond donors (Lipinski definition) is 1. The third-order valence-corrected chi connectivity index (χ3v) is 2.39. The van der Waals surface area contributed by atoms with Crippen LogP contribution in [-0.2, 0) is 5.60 Å². The highest BCUT2D eigenvalue weighted by molar-refractivity contribution is 5.42. The van der Waals surface area contributed by atoms with Gasteiger partial charge in [0, 0.05) is 5.56 Å². The molecule has 4 heteroatoms. The first kappa shape index (κ1) is 12.9. The van der Waals surface area contributed by atoms with Gasteiger partial charge < -0.3 is 9.84 Å². The van der Waals surface area contributed by atoms with E-state index in [1.807, 2.05) is 0 Å². The van der Waals surface area contributed by atoms with Crippen LogP contribution in [0.2, 0.25) is 0 Å². The highest BCUT2D eigenvalue weighted by Gasteiger charge is 2.25. The second-order valence-corrected chi connectivity index (χ2v) is 4.26. The second-order valence-electron chi connectivity index (χ2n) is 4.26. The molecule has 0 aromatic heterocycles. The fourth-order valence-electron chi connectivity index (χ4n) is 1.51. The largest absolute Gasteiger partial charge is 0.493 e. The summed E-state index contributed by atoms with van der Waals surface area (Å²) in [5.74, 6) is -0.710. The summed E-state index contributed by atoms with van der Waals surface area (Å²) in [6.07, 6.45) is -1.29. The molecule has 1 aromatic carbocycles. The Morgan fingerprint density at radius 3 is 2.31 bits per heavy atom. The lowest BCUT2D eigenvalue weighted by Crippen LogP contribution is -2.18. The fraction of sp³-hybridized carbons (Fsp3) is 0.500. The van der Waals surface area contributed by atoms with Crippen molar-refractivity contribution < 1.29 is 18.6 Å². The zero-order chi connectivity index (χ0) is 12.5. The quantitative estimate of drug-likeness (QED) is 0.864. The standard InChI is InChI=1S/C12H16F2O2/c1-7(13)8-5-9(12(2,3)15)11(16-4)10(14)6-8/h5-7,15H,1-4H3. The molecule has 0 fully saturated rings. The van der Waals surface area contributed by atoms with Crippen molar-refractivity contribution in [3.05, 3.63) is 29.1 Å². The summed E-state index contributed by atoms with van der Waals surface area (Å²) in [7, 11) is 1.31. The van der Waals surface area contributed by atoms with Crippen molar-refractivity contribution in [2.75, 3.05) is 7.11 Å². The van der Waals surface area contributed by atoms with Crippen LogP contribution < -0.4 is 4.74 Å². The maximum absolute atomic E-state index is 13.6. The average Bonchev–Trinajstić information content (AvgIpc) is 2.14. The first-order valence-corrected chi connectivity index (χ1v) is 5.01. The zero-order valence-electron chi connectivity index (χ0n) is 9.84. The first-order valence-electron chi connectivity index (χ1n) is 5.01. The van der Waals surface area contributed by atoms with Gasteiger partial charge in [0.1, 0.15) is 6.17 Å². The van der Waals surface area contributed by atoms with Gasteiger partial charge in [-0.05, 0) is 38.5 Å². The van der Waals surface area contributed by atoms with Crippen molar-refractivity contribution in [1.29, 1.82) is 0 Å². The van der Waals surface area contributed by atoms with Crippen LogP contribution in [0.25, 0.3) is 0 Å². The Morgan fingerprint density at radius 1 is 1.38 bits per heavy atom. The van der Waals surface area contributed by atoms with Crippen LogP contribution in [0, 0.1) is 5.82 Å². The van der Waals surface area contributed by atoms with Gasteiger partial charge in [0.05, 0.1) is 12.7 Å². The van der Waals surface area contributed by atoms with E-state index in [1.165, 1.54) is 33.9 Å². The molecule has 0 spiro atoms. The minimum absolute atomic E-state index is 0.0445. The van der Waals surface area contributed by atoms with Crippen molar-refractivity contribution in [3.8, 4) is 5.75 Å². The molecule has 0 saturated carbocycles. The van der Waals surface area contributed by atoms with Gasteiger partial charge in [-0.25, -0.2) is 8.78 Å². The summed E-state index contributed by atoms with van der Waals surface area (Å²) in [4.78, 5) is 0. The van der Waals surface area contributed by atoms with E-state index >= 15 is 0 Å². The average molecular weight is 230 g/mol. The van der Waals surface area contributed by atoms with Crippen LogP contribution in [0.15, 0.2) is 12.1 Å². The monoisotopic (exact) mass is 230 g/mol. The topological polar surface area (TPSA) is 29.5 Å². The van der Waals surface area contributed by atoms with Crippen molar-refractivity contribution in [2.24, 2.45) is 0 Å². The van der Waals surface area contributed by atoms with Crippen LogP contribution in [0.5, 0.6) is 5.75 Å². The van der Waals surface area contributed by atoms with Gasteiger partial charge in [-0.3, -0.25) is 0 Å². The molecule has 1 aromatic rings. The van der Waals surface area contributed by atoms with Crippen molar-refractivity contribution in [2.45, 2.75) is 32.5 Å². The number of alkyl halides is 1. The second kappa shape index (κ2) is 4.37. The fourth-order valence-corrected chi connectivity index (χ4v) is 1.51. The molecule has 0 aliphatic carbocycles. The molecule has 16 heavy (non-hydrogen) atoms. The molecule has 90 valence electrons. The molecule has 1 unspecified atom stereocenters. The van der Waals surface area contributed by atoms with E-state index in [0.29, 0.717) is 0 Å². The Bertz CT molecular complexity index is 381. The molecule has 0 saturated heterocycles. The van der Waals surface area contributed by atoms with Gasteiger partial charge in [-0.1, -0.05) is 0 Å². The van der Waals surface area contributed by atoms with Crippen LogP contribution in [0.4, 0.5) is 8.78 Å². The highest BCUT2D eigenvalue weighted by Crippen LogP contribution is 2.35. The van der Waals surface area contributed by atoms with Gasteiger partial charge in [0.2, 0.25) is 0 Å². The van der Waals surface area contributed by atoms with Crippen LogP contribution in [0.1, 0.15) is 38.1 Å². The van der Waals surface area contributed by atoms with Crippen molar-refractivity contribution >= 4 is 0 Å². The minimum Gasteiger partial charge on any atom is -0.493 e. The Kier molecular flexibility index (Phi) is 3.53. The molecule has 0 aliphatic rings. The molecule has 0 bridgehead atoms. The van der Waals surface area contributed by atoms with Crippen LogP contribution in [-0.4, -0.2) is 12.2 Å². The van der Waals surface area contributed by atoms with Gasteiger partial charge >= 0.3 is 0 Å². The predicted molar refractivity (Wildman–Crippen MR) is 57.7 cm³/mol. The highest BCUT2D eigenvalue weighted by atomic mass is 19.1. The van der Waals surface area contributed by atoms with E-state index in [4.69, 9.17) is 4.74 Å². The summed E-state index contributed by atoms with van der Waals surface area (Å²) in [5, 5.41) is 9.86. The Balaban J connectivity index is 3.43. The Labute approximate surface area is 93.9 Å². The lowest BCUT2D eigenvalue weighted by Gasteiger charge is -2.22. The van der Waals surface area contributed by atoms with Gasteiger partial charge in [0.15, 0.2) is 11.6 Å². The number of aliphatic hydroxyl groups is 1. The normalized spacial score (nSPS) is 13.7. The molecule has 1 N–H and O–H groups in total. The molecule has 2 nitrogen and oxygen atoms in total. The van der Waals surface area contributed by atoms with E-state index < -0.39 is 17.6 Å². The van der Waals surface area contributed by atoms with Crippen LogP contribution >= 0.6 is 0 Å². The third kappa shape index (κ3) is 2.50. The predicted octanol–water partition coefficient (Wildman–Crippen LogP) is 3.09. The number of methoxy groups -OCH3 is 1. The number of halogens is 2. The molecule has 0 radical (unpaired) electrons. The van der Waals surface area contributed by atoms with Gasteiger partial charge in [-0.2, -0.15) is 0 Å². The maximum Gasteiger partial charge on any atom is 0.165 e. The van der Waals surface area contributed by atoms with Gasteiger partial charge in [0.25, 0.3) is 0 Å². The molecular formula is C12H16F2O2. The Hall–Kier alpha value is -1.16. The van der Waals surface area contributed by atoms with E-state index in [1.54, 1.807) is 0 Å². The lowest BCUT2D eigenvalue weighted by molar-refractivity contribution is 0.0747. The molecule has 0 aliphatic heterocycles. The SMILES string of the molecule is COc1c(F)cc(C(C)F)cc1C(C)(C)O. The molecule has 0 heterocycles. The molecule has 1 atom stereocenters. The van der Waals surface area contributed by atoms with Crippen LogP contribution in [0.3, 0.4) is 0 Å². The number of hydrogen-bond acceptors (Lipinski definition) is 2. The number of ether oxygens (including phenoxy) is 1. The summed E-state index contributed by atoms with van der Waals surface area (Å²) in [6.45, 7) is 4.31. The smallest absolute Gasteiger partial charge is 0.165 e. The van der Waals surface area contributed by atoms with E-state index in [0.717, 1.165) is 6.07 Å². The number of benzene rings is 1. The maximum atomic E-state index is 13.6. The van der Waals surface area contributed by atoms with Crippen molar-refractivity contribution in [1.82, 2.24) is 0 Å². The van der Waals surface area contributed by atoms with E-state index in [-0.39, 0.29) is 16.9 Å². The minimum atomic E-state index is -1.29.